The Bertz CT molecular complexity index is 310. The minimum atomic E-state index is -0.933. The summed E-state index contributed by atoms with van der Waals surface area (Å²) in [6.45, 7) is 8.49. The van der Waals surface area contributed by atoms with Crippen molar-refractivity contribution in [2.45, 2.75) is 32.4 Å². The number of amides is 1. The first-order valence-corrected chi connectivity index (χ1v) is 4.73. The van der Waals surface area contributed by atoms with E-state index in [2.05, 4.69) is 22.4 Å². The van der Waals surface area contributed by atoms with E-state index in [1.54, 1.807) is 20.8 Å². The second kappa shape index (κ2) is 5.98. The second-order valence-electron chi connectivity index (χ2n) is 4.02. The van der Waals surface area contributed by atoms with E-state index in [9.17, 15) is 9.59 Å². The van der Waals surface area contributed by atoms with Crippen molar-refractivity contribution in [1.82, 2.24) is 5.32 Å². The smallest absolute Gasteiger partial charge is 0.408 e. The van der Waals surface area contributed by atoms with Gasteiger partial charge in [-0.25, -0.2) is 9.59 Å². The maximum atomic E-state index is 11.4. The van der Waals surface area contributed by atoms with Crippen LogP contribution in [-0.2, 0) is 14.3 Å². The van der Waals surface area contributed by atoms with Crippen molar-refractivity contribution in [3.05, 3.63) is 18.4 Å². The molecule has 1 N–H and O–H groups in total. The molecule has 1 amide bonds. The van der Waals surface area contributed by atoms with Gasteiger partial charge in [0.2, 0.25) is 0 Å². The molecule has 0 aliphatic rings. The third kappa shape index (κ3) is 5.88. The van der Waals surface area contributed by atoms with Crippen molar-refractivity contribution >= 4 is 12.1 Å². The molecule has 0 saturated carbocycles. The van der Waals surface area contributed by atoms with E-state index in [1.165, 1.54) is 13.2 Å². The number of hydrogen-bond donors (Lipinski definition) is 1. The van der Waals surface area contributed by atoms with E-state index < -0.39 is 23.7 Å². The molecule has 0 fully saturated rings. The summed E-state index contributed by atoms with van der Waals surface area (Å²) in [6.07, 6.45) is 0.588. The van der Waals surface area contributed by atoms with Crippen LogP contribution in [0.2, 0.25) is 0 Å². The standard InChI is InChI=1S/C11H17NO4/c1-6-7-8(9(13)15-5)12-10(14)16-11(2,3)4/h7-8H,1H2,2-5H3,(H,12,14). The van der Waals surface area contributed by atoms with Gasteiger partial charge in [0.15, 0.2) is 6.04 Å². The molecule has 0 spiro atoms. The van der Waals surface area contributed by atoms with Gasteiger partial charge in [0.1, 0.15) is 5.60 Å². The first-order chi connectivity index (χ1) is 7.30. The van der Waals surface area contributed by atoms with Crippen LogP contribution in [0.3, 0.4) is 0 Å². The van der Waals surface area contributed by atoms with E-state index in [0.29, 0.717) is 0 Å². The zero-order valence-corrected chi connectivity index (χ0v) is 9.99. The Kier molecular flexibility index (Phi) is 5.33. The van der Waals surface area contributed by atoms with Gasteiger partial charge in [-0.2, -0.15) is 0 Å². The molecule has 16 heavy (non-hydrogen) atoms. The maximum absolute atomic E-state index is 11.4. The van der Waals surface area contributed by atoms with Crippen LogP contribution in [0.5, 0.6) is 0 Å². The van der Waals surface area contributed by atoms with Gasteiger partial charge in [-0.1, -0.05) is 6.58 Å². The molecule has 0 aliphatic carbocycles. The molecule has 0 aromatic rings. The van der Waals surface area contributed by atoms with Crippen LogP contribution in [0.15, 0.2) is 18.4 Å². The maximum Gasteiger partial charge on any atom is 0.408 e. The minimum absolute atomic E-state index is 0.609. The summed E-state index contributed by atoms with van der Waals surface area (Å²) in [5.41, 5.74) is 1.78. The lowest BCUT2D eigenvalue weighted by molar-refractivity contribution is -0.141. The lowest BCUT2D eigenvalue weighted by atomic mass is 10.2. The average molecular weight is 227 g/mol. The van der Waals surface area contributed by atoms with Gasteiger partial charge in [0.25, 0.3) is 0 Å². The van der Waals surface area contributed by atoms with Crippen molar-refractivity contribution in [3.63, 3.8) is 0 Å². The van der Waals surface area contributed by atoms with Gasteiger partial charge in [0, 0.05) is 0 Å². The third-order valence-corrected chi connectivity index (χ3v) is 1.41. The highest BCUT2D eigenvalue weighted by molar-refractivity contribution is 5.83. The van der Waals surface area contributed by atoms with E-state index >= 15 is 0 Å². The summed E-state index contributed by atoms with van der Waals surface area (Å²) in [5, 5.41) is 2.33. The number of carbonyl (C=O) groups is 2. The Morgan fingerprint density at radius 1 is 1.44 bits per heavy atom. The molecule has 0 aromatic carbocycles. The SMILES string of the molecule is C=C=CC(NC(=O)OC(C)(C)C)C(=O)OC. The zero-order valence-electron chi connectivity index (χ0n) is 9.99. The number of rotatable bonds is 3. The van der Waals surface area contributed by atoms with Gasteiger partial charge >= 0.3 is 12.1 Å². The number of carbonyl (C=O) groups excluding carboxylic acids is 2. The number of alkyl carbamates (subject to hydrolysis) is 1. The summed E-state index contributed by atoms with van der Waals surface area (Å²) < 4.78 is 9.47. The fraction of sp³-hybridized carbons (Fsp3) is 0.545. The Labute approximate surface area is 95.1 Å². The van der Waals surface area contributed by atoms with Crippen LogP contribution in [0.1, 0.15) is 20.8 Å². The number of methoxy groups -OCH3 is 1. The molecule has 0 aromatic heterocycles. The van der Waals surface area contributed by atoms with Crippen LogP contribution >= 0.6 is 0 Å². The number of ether oxygens (including phenoxy) is 2. The van der Waals surface area contributed by atoms with Crippen molar-refractivity contribution in [2.75, 3.05) is 7.11 Å². The monoisotopic (exact) mass is 227 g/mol. The Morgan fingerprint density at radius 3 is 2.38 bits per heavy atom. The average Bonchev–Trinajstić information content (AvgIpc) is 2.13. The molecule has 5 nitrogen and oxygen atoms in total. The Morgan fingerprint density at radius 2 is 2.00 bits per heavy atom. The quantitative estimate of drug-likeness (QED) is 0.584. The minimum Gasteiger partial charge on any atom is -0.467 e. The number of hydrogen-bond acceptors (Lipinski definition) is 4. The predicted molar refractivity (Wildman–Crippen MR) is 58.9 cm³/mol. The van der Waals surface area contributed by atoms with Crippen LogP contribution < -0.4 is 5.32 Å². The van der Waals surface area contributed by atoms with Gasteiger partial charge in [-0.05, 0) is 26.8 Å². The topological polar surface area (TPSA) is 64.6 Å². The highest BCUT2D eigenvalue weighted by atomic mass is 16.6. The van der Waals surface area contributed by atoms with Crippen LogP contribution in [0, 0.1) is 0 Å². The summed E-state index contributed by atoms with van der Waals surface area (Å²) in [7, 11) is 1.23. The Balaban J connectivity index is 4.47. The lowest BCUT2D eigenvalue weighted by Crippen LogP contribution is -2.42. The summed E-state index contributed by atoms with van der Waals surface area (Å²) in [4.78, 5) is 22.6. The van der Waals surface area contributed by atoms with Gasteiger partial charge in [0.05, 0.1) is 7.11 Å². The molecule has 0 rings (SSSR count). The van der Waals surface area contributed by atoms with E-state index in [1.807, 2.05) is 0 Å². The Hall–Kier alpha value is -1.74. The fourth-order valence-electron chi connectivity index (χ4n) is 0.848. The highest BCUT2D eigenvalue weighted by Gasteiger charge is 2.22. The largest absolute Gasteiger partial charge is 0.467 e. The van der Waals surface area contributed by atoms with Gasteiger partial charge in [-0.15, -0.1) is 5.73 Å². The van der Waals surface area contributed by atoms with E-state index in [0.717, 1.165) is 0 Å². The van der Waals surface area contributed by atoms with Gasteiger partial charge < -0.3 is 14.8 Å². The first-order valence-electron chi connectivity index (χ1n) is 4.73. The van der Waals surface area contributed by atoms with Crippen molar-refractivity contribution < 1.29 is 19.1 Å². The summed E-state index contributed by atoms with van der Waals surface area (Å²) in [5.74, 6) is -0.609. The van der Waals surface area contributed by atoms with Crippen LogP contribution in [-0.4, -0.2) is 30.8 Å². The third-order valence-electron chi connectivity index (χ3n) is 1.41. The van der Waals surface area contributed by atoms with Crippen molar-refractivity contribution in [3.8, 4) is 0 Å². The second-order valence-corrected chi connectivity index (χ2v) is 4.02. The molecular weight excluding hydrogens is 210 g/mol. The molecule has 5 heteroatoms. The van der Waals surface area contributed by atoms with Crippen LogP contribution in [0.4, 0.5) is 4.79 Å². The van der Waals surface area contributed by atoms with E-state index in [-0.39, 0.29) is 0 Å². The molecule has 0 radical (unpaired) electrons. The zero-order chi connectivity index (χ0) is 12.8. The molecule has 0 heterocycles. The predicted octanol–water partition coefficient (Wildman–Crippen LogP) is 1.39. The van der Waals surface area contributed by atoms with Crippen LogP contribution in [0.25, 0.3) is 0 Å². The van der Waals surface area contributed by atoms with E-state index in [4.69, 9.17) is 4.74 Å². The normalized spacial score (nSPS) is 12.0. The molecule has 90 valence electrons. The van der Waals surface area contributed by atoms with Crippen molar-refractivity contribution in [2.24, 2.45) is 0 Å². The molecule has 0 aliphatic heterocycles. The molecule has 1 atom stereocenters. The van der Waals surface area contributed by atoms with Gasteiger partial charge in [-0.3, -0.25) is 0 Å². The summed E-state index contributed by atoms with van der Waals surface area (Å²) in [6, 6.07) is -0.933. The van der Waals surface area contributed by atoms with Crippen molar-refractivity contribution in [1.29, 1.82) is 0 Å². The molecule has 0 bridgehead atoms. The molecule has 1 unspecified atom stereocenters. The number of nitrogens with one attached hydrogen (secondary N) is 1. The molecule has 0 saturated heterocycles. The number of esters is 1. The highest BCUT2D eigenvalue weighted by Crippen LogP contribution is 2.07. The summed E-state index contributed by atoms with van der Waals surface area (Å²) >= 11 is 0. The fourth-order valence-corrected chi connectivity index (χ4v) is 0.848. The molecular formula is C11H17NO4. The first kappa shape index (κ1) is 14.3. The lowest BCUT2D eigenvalue weighted by Gasteiger charge is -2.21.